The number of carboxylic acids is 1. The van der Waals surface area contributed by atoms with Crippen LogP contribution in [-0.4, -0.2) is 23.7 Å². The molecule has 5 heteroatoms. The normalized spacial score (nSPS) is 11.4. The van der Waals surface area contributed by atoms with Crippen molar-refractivity contribution >= 4 is 11.9 Å². The molecule has 0 heterocycles. The molecule has 0 saturated heterocycles. The Balaban J connectivity index is 4.17. The second kappa shape index (κ2) is 6.00. The van der Waals surface area contributed by atoms with Gasteiger partial charge in [0.05, 0.1) is 12.7 Å². The van der Waals surface area contributed by atoms with Crippen molar-refractivity contribution in [2.24, 2.45) is 5.92 Å². The predicted molar refractivity (Wildman–Crippen MR) is 42.6 cm³/mol. The molecule has 0 unspecified atom stereocenters. The van der Waals surface area contributed by atoms with E-state index in [1.807, 2.05) is 0 Å². The molecule has 0 aromatic rings. The highest BCUT2D eigenvalue weighted by Gasteiger charge is 2.26. The highest BCUT2D eigenvalue weighted by molar-refractivity contribution is 5.93. The summed E-state index contributed by atoms with van der Waals surface area (Å²) in [6.07, 6.45) is 0.0421. The van der Waals surface area contributed by atoms with E-state index in [9.17, 15) is 9.59 Å². The van der Waals surface area contributed by atoms with Gasteiger partial charge in [-0.1, -0.05) is 0 Å². The lowest BCUT2D eigenvalue weighted by molar-refractivity contribution is -0.158. The molecular weight excluding hydrogens is 174 g/mol. The maximum Gasteiger partial charge on any atom is 0.320 e. The highest BCUT2D eigenvalue weighted by Crippen LogP contribution is 2.08. The number of ether oxygens (including phenoxy) is 1. The summed E-state index contributed by atoms with van der Waals surface area (Å²) in [7, 11) is 0. The zero-order chi connectivity index (χ0) is 10.3. The zero-order valence-electron chi connectivity index (χ0n) is 7.32. The van der Waals surface area contributed by atoms with Crippen LogP contribution in [0.15, 0.2) is 0 Å². The Labute approximate surface area is 75.9 Å². The van der Waals surface area contributed by atoms with Crippen molar-refractivity contribution in [1.29, 1.82) is 5.26 Å². The van der Waals surface area contributed by atoms with Gasteiger partial charge in [-0.2, -0.15) is 5.26 Å². The van der Waals surface area contributed by atoms with Crippen LogP contribution >= 0.6 is 0 Å². The third-order valence-electron chi connectivity index (χ3n) is 1.41. The molecule has 0 amide bonds. The Kier molecular flexibility index (Phi) is 5.28. The summed E-state index contributed by atoms with van der Waals surface area (Å²) in [4.78, 5) is 21.5. The fourth-order valence-corrected chi connectivity index (χ4v) is 0.794. The predicted octanol–water partition coefficient (Wildman–Crippen LogP) is 0.554. The summed E-state index contributed by atoms with van der Waals surface area (Å²) in [6, 6.07) is 1.78. The van der Waals surface area contributed by atoms with Gasteiger partial charge in [-0.05, 0) is 13.3 Å². The standard InChI is InChI=1S/C8H11NO4/c1-2-13-8(12)6(7(10)11)4-3-5-9/h6H,2-4H2,1H3,(H,10,11)/t6-/m0/s1. The van der Waals surface area contributed by atoms with Gasteiger partial charge in [-0.3, -0.25) is 9.59 Å². The Morgan fingerprint density at radius 3 is 2.62 bits per heavy atom. The summed E-state index contributed by atoms with van der Waals surface area (Å²) in [5.74, 6) is -3.22. The van der Waals surface area contributed by atoms with E-state index in [4.69, 9.17) is 10.4 Å². The Bertz CT molecular complexity index is 231. The van der Waals surface area contributed by atoms with Crippen LogP contribution < -0.4 is 0 Å². The fourth-order valence-electron chi connectivity index (χ4n) is 0.794. The number of esters is 1. The lowest BCUT2D eigenvalue weighted by Gasteiger charge is -2.08. The summed E-state index contributed by atoms with van der Waals surface area (Å²) in [6.45, 7) is 1.75. The summed E-state index contributed by atoms with van der Waals surface area (Å²) in [5.41, 5.74) is 0. The van der Waals surface area contributed by atoms with E-state index in [1.165, 1.54) is 0 Å². The Morgan fingerprint density at radius 2 is 2.23 bits per heavy atom. The third kappa shape index (κ3) is 4.11. The maximum absolute atomic E-state index is 11.0. The van der Waals surface area contributed by atoms with Crippen LogP contribution in [-0.2, 0) is 14.3 Å². The molecule has 0 aromatic heterocycles. The van der Waals surface area contributed by atoms with Gasteiger partial charge < -0.3 is 9.84 Å². The first-order valence-corrected chi connectivity index (χ1v) is 3.89. The molecule has 0 radical (unpaired) electrons. The number of aliphatic carboxylic acids is 1. The molecule has 5 nitrogen and oxygen atoms in total. The first kappa shape index (κ1) is 11.4. The van der Waals surface area contributed by atoms with Gasteiger partial charge in [0.15, 0.2) is 5.92 Å². The SMILES string of the molecule is CCOC(=O)[C@@H](CCC#N)C(=O)O. The van der Waals surface area contributed by atoms with E-state index in [1.54, 1.807) is 13.0 Å². The summed E-state index contributed by atoms with van der Waals surface area (Å²) >= 11 is 0. The van der Waals surface area contributed by atoms with E-state index < -0.39 is 17.9 Å². The monoisotopic (exact) mass is 185 g/mol. The number of nitrogens with zero attached hydrogens (tertiary/aromatic N) is 1. The van der Waals surface area contributed by atoms with Gasteiger partial charge in [0.25, 0.3) is 0 Å². The molecule has 1 N–H and O–H groups in total. The molecule has 0 aromatic carbocycles. The number of carbonyl (C=O) groups is 2. The van der Waals surface area contributed by atoms with Gasteiger partial charge >= 0.3 is 11.9 Å². The molecule has 0 aliphatic heterocycles. The average Bonchev–Trinajstić information content (AvgIpc) is 2.05. The molecule has 0 aliphatic rings. The first-order valence-electron chi connectivity index (χ1n) is 3.89. The van der Waals surface area contributed by atoms with Crippen molar-refractivity contribution in [1.82, 2.24) is 0 Å². The molecule has 1 atom stereocenters. The maximum atomic E-state index is 11.0. The van der Waals surface area contributed by atoms with Gasteiger partial charge in [-0.25, -0.2) is 0 Å². The summed E-state index contributed by atoms with van der Waals surface area (Å²) in [5, 5.41) is 16.8. The van der Waals surface area contributed by atoms with E-state index in [0.717, 1.165) is 0 Å². The number of hydrogen-bond acceptors (Lipinski definition) is 4. The molecule has 0 rings (SSSR count). The van der Waals surface area contributed by atoms with Crippen molar-refractivity contribution in [3.05, 3.63) is 0 Å². The molecule has 0 saturated carbocycles. The van der Waals surface area contributed by atoms with Crippen molar-refractivity contribution in [3.63, 3.8) is 0 Å². The second-order valence-electron chi connectivity index (χ2n) is 2.34. The molecule has 0 aliphatic carbocycles. The molecule has 0 bridgehead atoms. The largest absolute Gasteiger partial charge is 0.481 e. The van der Waals surface area contributed by atoms with Crippen molar-refractivity contribution < 1.29 is 19.4 Å². The van der Waals surface area contributed by atoms with Crippen molar-refractivity contribution in [3.8, 4) is 6.07 Å². The summed E-state index contributed by atoms with van der Waals surface area (Å²) < 4.78 is 4.53. The van der Waals surface area contributed by atoms with Crippen molar-refractivity contribution in [2.75, 3.05) is 6.61 Å². The van der Waals surface area contributed by atoms with Crippen LogP contribution in [0.4, 0.5) is 0 Å². The molecular formula is C8H11NO4. The smallest absolute Gasteiger partial charge is 0.320 e. The lowest BCUT2D eigenvalue weighted by Crippen LogP contribution is -2.25. The molecule has 0 spiro atoms. The number of rotatable bonds is 5. The molecule has 13 heavy (non-hydrogen) atoms. The number of carbonyl (C=O) groups excluding carboxylic acids is 1. The fraction of sp³-hybridized carbons (Fsp3) is 0.625. The van der Waals surface area contributed by atoms with E-state index >= 15 is 0 Å². The van der Waals surface area contributed by atoms with Gasteiger partial charge in [0, 0.05) is 6.42 Å². The van der Waals surface area contributed by atoms with E-state index in [2.05, 4.69) is 4.74 Å². The van der Waals surface area contributed by atoms with E-state index in [-0.39, 0.29) is 19.4 Å². The Morgan fingerprint density at radius 1 is 1.62 bits per heavy atom. The number of hydrogen-bond donors (Lipinski definition) is 1. The van der Waals surface area contributed by atoms with Gasteiger partial charge in [-0.15, -0.1) is 0 Å². The minimum atomic E-state index is -1.24. The second-order valence-corrected chi connectivity index (χ2v) is 2.34. The molecule has 0 fully saturated rings. The minimum Gasteiger partial charge on any atom is -0.481 e. The lowest BCUT2D eigenvalue weighted by atomic mass is 10.0. The van der Waals surface area contributed by atoms with Crippen LogP contribution in [0.25, 0.3) is 0 Å². The van der Waals surface area contributed by atoms with Crippen molar-refractivity contribution in [2.45, 2.75) is 19.8 Å². The number of carboxylic acid groups (broad SMARTS) is 1. The highest BCUT2D eigenvalue weighted by atomic mass is 16.5. The van der Waals surface area contributed by atoms with Crippen LogP contribution in [0, 0.1) is 17.2 Å². The van der Waals surface area contributed by atoms with Gasteiger partial charge in [0.2, 0.25) is 0 Å². The van der Waals surface area contributed by atoms with Crippen LogP contribution in [0.1, 0.15) is 19.8 Å². The number of nitriles is 1. The van der Waals surface area contributed by atoms with E-state index in [0.29, 0.717) is 0 Å². The molecule has 72 valence electrons. The topological polar surface area (TPSA) is 87.4 Å². The van der Waals surface area contributed by atoms with Crippen LogP contribution in [0.3, 0.4) is 0 Å². The zero-order valence-corrected chi connectivity index (χ0v) is 7.32. The average molecular weight is 185 g/mol. The van der Waals surface area contributed by atoms with Crippen LogP contribution in [0.2, 0.25) is 0 Å². The van der Waals surface area contributed by atoms with Gasteiger partial charge in [0.1, 0.15) is 0 Å². The minimum absolute atomic E-state index is 0.00463. The Hall–Kier alpha value is -1.57. The quantitative estimate of drug-likeness (QED) is 0.499. The van der Waals surface area contributed by atoms with Crippen LogP contribution in [0.5, 0.6) is 0 Å². The third-order valence-corrected chi connectivity index (χ3v) is 1.41. The first-order chi connectivity index (χ1) is 6.13.